The molecule has 0 saturated heterocycles. The standard InChI is InChI=1S/C14H28F2N2/c1-3-10-17-12-8-6-4-5-7-9-13(12)18(2)11-14(15)16/h12-14,17H,3-11H2,1-2H3. The molecule has 18 heavy (non-hydrogen) atoms. The molecule has 1 N–H and O–H groups in total. The summed E-state index contributed by atoms with van der Waals surface area (Å²) in [6.07, 6.45) is 5.97. The first-order valence-electron chi connectivity index (χ1n) is 7.37. The highest BCUT2D eigenvalue weighted by molar-refractivity contribution is 4.85. The molecule has 0 aromatic heterocycles. The molecule has 1 fully saturated rings. The van der Waals surface area contributed by atoms with Gasteiger partial charge in [-0.3, -0.25) is 4.90 Å². The van der Waals surface area contributed by atoms with Gasteiger partial charge in [-0.1, -0.05) is 32.6 Å². The van der Waals surface area contributed by atoms with Crippen LogP contribution < -0.4 is 5.32 Å². The third-order valence-corrected chi connectivity index (χ3v) is 3.88. The molecule has 0 spiro atoms. The number of nitrogens with one attached hydrogen (secondary N) is 1. The van der Waals surface area contributed by atoms with Crippen LogP contribution in [0.1, 0.15) is 51.9 Å². The number of likely N-dealkylation sites (N-methyl/N-ethyl adjacent to an activating group) is 1. The van der Waals surface area contributed by atoms with Gasteiger partial charge >= 0.3 is 0 Å². The third-order valence-electron chi connectivity index (χ3n) is 3.88. The van der Waals surface area contributed by atoms with E-state index in [1.165, 1.54) is 25.7 Å². The second-order valence-corrected chi connectivity index (χ2v) is 5.45. The van der Waals surface area contributed by atoms with Crippen molar-refractivity contribution in [2.75, 3.05) is 20.1 Å². The van der Waals surface area contributed by atoms with Crippen LogP contribution in [0.5, 0.6) is 0 Å². The van der Waals surface area contributed by atoms with Crippen LogP contribution >= 0.6 is 0 Å². The summed E-state index contributed by atoms with van der Waals surface area (Å²) in [7, 11) is 1.85. The number of hydrogen-bond donors (Lipinski definition) is 1. The summed E-state index contributed by atoms with van der Waals surface area (Å²) < 4.78 is 25.1. The Labute approximate surface area is 110 Å². The predicted molar refractivity (Wildman–Crippen MR) is 72.2 cm³/mol. The third kappa shape index (κ3) is 5.61. The molecule has 0 aromatic carbocycles. The second kappa shape index (κ2) is 8.81. The first-order valence-corrected chi connectivity index (χ1v) is 7.37. The zero-order valence-electron chi connectivity index (χ0n) is 11.8. The number of nitrogens with zero attached hydrogens (tertiary/aromatic N) is 1. The van der Waals surface area contributed by atoms with Gasteiger partial charge in [-0.2, -0.15) is 0 Å². The first kappa shape index (κ1) is 15.8. The molecule has 1 rings (SSSR count). The monoisotopic (exact) mass is 262 g/mol. The lowest BCUT2D eigenvalue weighted by Gasteiger charge is -2.36. The van der Waals surface area contributed by atoms with E-state index in [0.717, 1.165) is 25.8 Å². The average Bonchev–Trinajstić information content (AvgIpc) is 2.26. The van der Waals surface area contributed by atoms with Crippen LogP contribution in [-0.2, 0) is 0 Å². The minimum Gasteiger partial charge on any atom is -0.312 e. The Kier molecular flexibility index (Phi) is 7.75. The highest BCUT2D eigenvalue weighted by Gasteiger charge is 2.26. The quantitative estimate of drug-likeness (QED) is 0.790. The van der Waals surface area contributed by atoms with Crippen molar-refractivity contribution in [1.82, 2.24) is 10.2 Å². The molecule has 2 unspecified atom stereocenters. The lowest BCUT2D eigenvalue weighted by molar-refractivity contribution is 0.0634. The van der Waals surface area contributed by atoms with Crippen molar-refractivity contribution >= 4 is 0 Å². The number of rotatable bonds is 6. The summed E-state index contributed by atoms with van der Waals surface area (Å²) in [6, 6.07) is 0.653. The Morgan fingerprint density at radius 2 is 1.83 bits per heavy atom. The molecule has 1 aliphatic carbocycles. The molecular weight excluding hydrogens is 234 g/mol. The largest absolute Gasteiger partial charge is 0.312 e. The Morgan fingerprint density at radius 1 is 1.17 bits per heavy atom. The molecular formula is C14H28F2N2. The van der Waals surface area contributed by atoms with Gasteiger partial charge in [0.15, 0.2) is 0 Å². The van der Waals surface area contributed by atoms with Gasteiger partial charge < -0.3 is 5.32 Å². The normalized spacial score (nSPS) is 26.3. The van der Waals surface area contributed by atoms with Crippen LogP contribution in [0, 0.1) is 0 Å². The van der Waals surface area contributed by atoms with Crippen LogP contribution in [0.15, 0.2) is 0 Å². The molecule has 0 aromatic rings. The maximum atomic E-state index is 12.5. The summed E-state index contributed by atoms with van der Waals surface area (Å²) in [6.45, 7) is 3.03. The van der Waals surface area contributed by atoms with Crippen molar-refractivity contribution < 1.29 is 8.78 Å². The minimum atomic E-state index is -2.23. The van der Waals surface area contributed by atoms with E-state index >= 15 is 0 Å². The van der Waals surface area contributed by atoms with Gasteiger partial charge in [0.05, 0.1) is 6.54 Å². The maximum Gasteiger partial charge on any atom is 0.251 e. The number of alkyl halides is 2. The SMILES string of the molecule is CCCNC1CCCCCCC1N(C)CC(F)F. The molecule has 0 amide bonds. The van der Waals surface area contributed by atoms with Crippen molar-refractivity contribution in [3.05, 3.63) is 0 Å². The zero-order chi connectivity index (χ0) is 13.4. The summed E-state index contributed by atoms with van der Waals surface area (Å²) in [5.41, 5.74) is 0. The second-order valence-electron chi connectivity index (χ2n) is 5.45. The maximum absolute atomic E-state index is 12.5. The van der Waals surface area contributed by atoms with Crippen LogP contribution in [0.3, 0.4) is 0 Å². The zero-order valence-corrected chi connectivity index (χ0v) is 11.8. The molecule has 0 radical (unpaired) electrons. The summed E-state index contributed by atoms with van der Waals surface area (Å²) >= 11 is 0. The molecule has 4 heteroatoms. The molecule has 2 atom stereocenters. The average molecular weight is 262 g/mol. The summed E-state index contributed by atoms with van der Waals surface area (Å²) in [5, 5.41) is 3.56. The highest BCUT2D eigenvalue weighted by atomic mass is 19.3. The first-order chi connectivity index (χ1) is 8.65. The number of hydrogen-bond acceptors (Lipinski definition) is 2. The van der Waals surface area contributed by atoms with Crippen molar-refractivity contribution in [2.45, 2.75) is 70.4 Å². The van der Waals surface area contributed by atoms with E-state index in [2.05, 4.69) is 12.2 Å². The molecule has 0 heterocycles. The Bertz CT molecular complexity index is 210. The summed E-state index contributed by atoms with van der Waals surface area (Å²) in [5.74, 6) is 0. The molecule has 0 bridgehead atoms. The Balaban J connectivity index is 2.57. The molecule has 1 aliphatic rings. The molecule has 0 aliphatic heterocycles. The summed E-state index contributed by atoms with van der Waals surface area (Å²) in [4.78, 5) is 1.86. The van der Waals surface area contributed by atoms with Crippen molar-refractivity contribution in [2.24, 2.45) is 0 Å². The van der Waals surface area contributed by atoms with E-state index in [9.17, 15) is 8.78 Å². The van der Waals surface area contributed by atoms with E-state index in [0.29, 0.717) is 6.04 Å². The Morgan fingerprint density at radius 3 is 2.44 bits per heavy atom. The predicted octanol–water partition coefficient (Wildman–Crippen LogP) is 3.27. The highest BCUT2D eigenvalue weighted by Crippen LogP contribution is 2.22. The van der Waals surface area contributed by atoms with Gasteiger partial charge in [0.1, 0.15) is 0 Å². The fourth-order valence-electron chi connectivity index (χ4n) is 2.91. The fraction of sp³-hybridized carbons (Fsp3) is 1.00. The van der Waals surface area contributed by atoms with E-state index in [4.69, 9.17) is 0 Å². The lowest BCUT2D eigenvalue weighted by atomic mass is 9.91. The van der Waals surface area contributed by atoms with Gasteiger partial charge in [-0.25, -0.2) is 8.78 Å². The molecule has 1 saturated carbocycles. The van der Waals surface area contributed by atoms with Crippen LogP contribution in [0.4, 0.5) is 8.78 Å². The van der Waals surface area contributed by atoms with E-state index in [-0.39, 0.29) is 12.6 Å². The van der Waals surface area contributed by atoms with Crippen molar-refractivity contribution in [3.63, 3.8) is 0 Å². The van der Waals surface area contributed by atoms with Gasteiger partial charge in [0, 0.05) is 12.1 Å². The van der Waals surface area contributed by atoms with Crippen molar-refractivity contribution in [1.29, 1.82) is 0 Å². The molecule has 2 nitrogen and oxygen atoms in total. The fourth-order valence-corrected chi connectivity index (χ4v) is 2.91. The van der Waals surface area contributed by atoms with Gasteiger partial charge in [-0.05, 0) is 32.9 Å². The molecule has 108 valence electrons. The van der Waals surface area contributed by atoms with E-state index in [1.807, 2.05) is 11.9 Å². The Hall–Kier alpha value is -0.220. The topological polar surface area (TPSA) is 15.3 Å². The van der Waals surface area contributed by atoms with Crippen LogP contribution in [0.25, 0.3) is 0 Å². The van der Waals surface area contributed by atoms with E-state index < -0.39 is 6.43 Å². The lowest BCUT2D eigenvalue weighted by Crippen LogP contribution is -2.50. The van der Waals surface area contributed by atoms with E-state index in [1.54, 1.807) is 0 Å². The van der Waals surface area contributed by atoms with Gasteiger partial charge in [-0.15, -0.1) is 0 Å². The van der Waals surface area contributed by atoms with Crippen LogP contribution in [-0.4, -0.2) is 43.5 Å². The van der Waals surface area contributed by atoms with Gasteiger partial charge in [0.2, 0.25) is 0 Å². The number of halogens is 2. The smallest absolute Gasteiger partial charge is 0.251 e. The minimum absolute atomic E-state index is 0.102. The van der Waals surface area contributed by atoms with Crippen molar-refractivity contribution in [3.8, 4) is 0 Å². The van der Waals surface area contributed by atoms with Crippen LogP contribution in [0.2, 0.25) is 0 Å². The van der Waals surface area contributed by atoms with Gasteiger partial charge in [0.25, 0.3) is 6.43 Å².